The van der Waals surface area contributed by atoms with Crippen molar-refractivity contribution < 1.29 is 29.0 Å². The molecule has 0 saturated carbocycles. The SMILES string of the molecule is O=C(NCC(NC(=O)OCc1ccccc1)C(=O)O)OCc1ccccc1. The van der Waals surface area contributed by atoms with Gasteiger partial charge in [-0.2, -0.15) is 0 Å². The summed E-state index contributed by atoms with van der Waals surface area (Å²) in [6, 6.07) is 16.6. The van der Waals surface area contributed by atoms with Crippen LogP contribution in [0.2, 0.25) is 0 Å². The molecular weight excluding hydrogens is 352 g/mol. The molecule has 2 aromatic carbocycles. The van der Waals surface area contributed by atoms with Crippen LogP contribution in [0.5, 0.6) is 0 Å². The fraction of sp³-hybridized carbons (Fsp3) is 0.211. The Labute approximate surface area is 156 Å². The number of hydrogen-bond donors (Lipinski definition) is 3. The van der Waals surface area contributed by atoms with Crippen LogP contribution in [0.15, 0.2) is 60.7 Å². The zero-order valence-corrected chi connectivity index (χ0v) is 14.5. The van der Waals surface area contributed by atoms with Crippen LogP contribution in [0, 0.1) is 0 Å². The van der Waals surface area contributed by atoms with E-state index in [2.05, 4.69) is 10.6 Å². The number of carboxylic acid groups (broad SMARTS) is 1. The minimum absolute atomic E-state index is 0.00551. The summed E-state index contributed by atoms with van der Waals surface area (Å²) in [7, 11) is 0. The molecule has 1 atom stereocenters. The second-order valence-corrected chi connectivity index (χ2v) is 5.54. The molecule has 0 aliphatic rings. The van der Waals surface area contributed by atoms with Crippen LogP contribution < -0.4 is 10.6 Å². The number of aliphatic carboxylic acids is 1. The second kappa shape index (κ2) is 10.4. The molecule has 0 radical (unpaired) electrons. The predicted octanol–water partition coefficient (Wildman–Crippen LogP) is 2.29. The van der Waals surface area contributed by atoms with Gasteiger partial charge in [0.15, 0.2) is 0 Å². The number of alkyl carbamates (subject to hydrolysis) is 2. The standard InChI is InChI=1S/C19H20N2O6/c22-17(23)16(21-19(25)27-13-15-9-5-2-6-10-15)11-20-18(24)26-12-14-7-3-1-4-8-14/h1-10,16H,11-13H2,(H,20,24)(H,21,25)(H,22,23). The summed E-state index contributed by atoms with van der Waals surface area (Å²) >= 11 is 0. The van der Waals surface area contributed by atoms with E-state index in [-0.39, 0.29) is 19.8 Å². The van der Waals surface area contributed by atoms with E-state index >= 15 is 0 Å². The van der Waals surface area contributed by atoms with E-state index in [9.17, 15) is 14.4 Å². The molecule has 3 N–H and O–H groups in total. The third kappa shape index (κ3) is 7.47. The Hall–Kier alpha value is -3.55. The molecule has 0 bridgehead atoms. The minimum atomic E-state index is -1.35. The first-order valence-electron chi connectivity index (χ1n) is 8.19. The molecule has 0 aliphatic carbocycles. The highest BCUT2D eigenvalue weighted by molar-refractivity contribution is 5.80. The van der Waals surface area contributed by atoms with Crippen molar-refractivity contribution in [3.63, 3.8) is 0 Å². The van der Waals surface area contributed by atoms with Crippen LogP contribution in [-0.2, 0) is 27.5 Å². The maximum absolute atomic E-state index is 11.7. The number of benzene rings is 2. The van der Waals surface area contributed by atoms with E-state index in [0.29, 0.717) is 0 Å². The van der Waals surface area contributed by atoms with Gasteiger partial charge in [0.1, 0.15) is 19.3 Å². The molecule has 2 rings (SSSR count). The molecule has 8 heteroatoms. The largest absolute Gasteiger partial charge is 0.480 e. The maximum atomic E-state index is 11.7. The number of rotatable bonds is 8. The van der Waals surface area contributed by atoms with Crippen LogP contribution in [0.3, 0.4) is 0 Å². The quantitative estimate of drug-likeness (QED) is 0.655. The molecule has 142 valence electrons. The summed E-state index contributed by atoms with van der Waals surface area (Å²) < 4.78 is 9.95. The predicted molar refractivity (Wildman–Crippen MR) is 95.8 cm³/mol. The first-order valence-corrected chi connectivity index (χ1v) is 8.19. The van der Waals surface area contributed by atoms with Crippen molar-refractivity contribution >= 4 is 18.2 Å². The molecule has 2 amide bonds. The molecule has 0 aliphatic heterocycles. The van der Waals surface area contributed by atoms with Gasteiger partial charge in [-0.3, -0.25) is 0 Å². The smallest absolute Gasteiger partial charge is 0.408 e. The van der Waals surface area contributed by atoms with Crippen LogP contribution in [0.4, 0.5) is 9.59 Å². The Morgan fingerprint density at radius 2 is 1.30 bits per heavy atom. The van der Waals surface area contributed by atoms with Gasteiger partial charge < -0.3 is 25.2 Å². The van der Waals surface area contributed by atoms with Gasteiger partial charge in [-0.15, -0.1) is 0 Å². The van der Waals surface area contributed by atoms with Gasteiger partial charge >= 0.3 is 18.2 Å². The second-order valence-electron chi connectivity index (χ2n) is 5.54. The van der Waals surface area contributed by atoms with Gasteiger partial charge in [0, 0.05) is 0 Å². The third-order valence-corrected chi connectivity index (χ3v) is 3.47. The van der Waals surface area contributed by atoms with E-state index in [1.165, 1.54) is 0 Å². The minimum Gasteiger partial charge on any atom is -0.480 e. The zero-order chi connectivity index (χ0) is 19.5. The lowest BCUT2D eigenvalue weighted by atomic mass is 10.2. The van der Waals surface area contributed by atoms with Gasteiger partial charge in [0.25, 0.3) is 0 Å². The Morgan fingerprint density at radius 3 is 1.78 bits per heavy atom. The lowest BCUT2D eigenvalue weighted by Crippen LogP contribution is -2.48. The van der Waals surface area contributed by atoms with E-state index in [1.807, 2.05) is 24.3 Å². The van der Waals surface area contributed by atoms with Gasteiger partial charge in [-0.1, -0.05) is 60.7 Å². The Balaban J connectivity index is 1.73. The van der Waals surface area contributed by atoms with Crippen molar-refractivity contribution in [1.29, 1.82) is 0 Å². The highest BCUT2D eigenvalue weighted by Gasteiger charge is 2.21. The molecule has 1 unspecified atom stereocenters. The lowest BCUT2D eigenvalue weighted by molar-refractivity contribution is -0.139. The summed E-state index contributed by atoms with van der Waals surface area (Å²) in [6.07, 6.45) is -1.68. The highest BCUT2D eigenvalue weighted by Crippen LogP contribution is 2.02. The summed E-state index contributed by atoms with van der Waals surface area (Å²) in [5.74, 6) is -1.31. The number of carbonyl (C=O) groups is 3. The molecular formula is C19H20N2O6. The number of carbonyl (C=O) groups excluding carboxylic acids is 2. The molecule has 27 heavy (non-hydrogen) atoms. The Morgan fingerprint density at radius 1 is 0.815 bits per heavy atom. The van der Waals surface area contributed by atoms with Gasteiger partial charge in [-0.25, -0.2) is 14.4 Å². The van der Waals surface area contributed by atoms with Gasteiger partial charge in [0.05, 0.1) is 6.54 Å². The van der Waals surface area contributed by atoms with Gasteiger partial charge in [0.2, 0.25) is 0 Å². The van der Waals surface area contributed by atoms with E-state index in [4.69, 9.17) is 14.6 Å². The highest BCUT2D eigenvalue weighted by atomic mass is 16.6. The monoisotopic (exact) mass is 372 g/mol. The number of amides is 2. The van der Waals surface area contributed by atoms with E-state index in [1.54, 1.807) is 36.4 Å². The van der Waals surface area contributed by atoms with Crippen molar-refractivity contribution in [2.75, 3.05) is 6.54 Å². The summed E-state index contributed by atoms with van der Waals surface area (Å²) in [5, 5.41) is 13.7. The summed E-state index contributed by atoms with van der Waals surface area (Å²) in [4.78, 5) is 34.7. The molecule has 0 fully saturated rings. The molecule has 0 aromatic heterocycles. The molecule has 0 spiro atoms. The summed E-state index contributed by atoms with van der Waals surface area (Å²) in [6.45, 7) is -0.286. The number of hydrogen-bond acceptors (Lipinski definition) is 5. The maximum Gasteiger partial charge on any atom is 0.408 e. The summed E-state index contributed by atoms with van der Waals surface area (Å²) in [5.41, 5.74) is 1.56. The van der Waals surface area contributed by atoms with Crippen LogP contribution in [0.25, 0.3) is 0 Å². The third-order valence-electron chi connectivity index (χ3n) is 3.47. The van der Waals surface area contributed by atoms with Crippen molar-refractivity contribution in [2.24, 2.45) is 0 Å². The van der Waals surface area contributed by atoms with E-state index in [0.717, 1.165) is 11.1 Å². The number of carboxylic acids is 1. The lowest BCUT2D eigenvalue weighted by Gasteiger charge is -2.15. The Bertz CT molecular complexity index is 751. The van der Waals surface area contributed by atoms with Crippen LogP contribution in [-0.4, -0.2) is 35.8 Å². The van der Waals surface area contributed by atoms with Crippen LogP contribution in [0.1, 0.15) is 11.1 Å². The first kappa shape index (κ1) is 19.8. The molecule has 2 aromatic rings. The van der Waals surface area contributed by atoms with Crippen LogP contribution >= 0.6 is 0 Å². The van der Waals surface area contributed by atoms with Crippen molar-refractivity contribution in [3.8, 4) is 0 Å². The van der Waals surface area contributed by atoms with Gasteiger partial charge in [-0.05, 0) is 11.1 Å². The topological polar surface area (TPSA) is 114 Å². The average molecular weight is 372 g/mol. The Kier molecular flexibility index (Phi) is 7.65. The number of nitrogens with one attached hydrogen (secondary N) is 2. The van der Waals surface area contributed by atoms with Crippen molar-refractivity contribution in [2.45, 2.75) is 19.3 Å². The molecule has 0 heterocycles. The fourth-order valence-electron chi connectivity index (χ4n) is 2.07. The zero-order valence-electron chi connectivity index (χ0n) is 14.5. The number of ether oxygens (including phenoxy) is 2. The fourth-order valence-corrected chi connectivity index (χ4v) is 2.07. The van der Waals surface area contributed by atoms with Crippen molar-refractivity contribution in [1.82, 2.24) is 10.6 Å². The van der Waals surface area contributed by atoms with E-state index < -0.39 is 24.2 Å². The first-order chi connectivity index (χ1) is 13.0. The normalized spacial score (nSPS) is 11.1. The molecule has 8 nitrogen and oxygen atoms in total. The molecule has 0 saturated heterocycles. The average Bonchev–Trinajstić information content (AvgIpc) is 2.69. The van der Waals surface area contributed by atoms with Crippen molar-refractivity contribution in [3.05, 3.63) is 71.8 Å².